The molecule has 0 saturated heterocycles. The monoisotopic (exact) mass is 410 g/mol. The summed E-state index contributed by atoms with van der Waals surface area (Å²) in [6.07, 6.45) is 0. The van der Waals surface area contributed by atoms with E-state index in [1.165, 1.54) is 11.8 Å². The number of anilines is 2. The molecule has 142 valence electrons. The molecule has 6 heteroatoms. The standard InChI is InChI=1S/C22H19ClN2O2S/c1-15(21(26)24-18-8-3-2-4-9-18)28-20-12-10-19(11-13-20)25-22(27)16-6-5-7-17(23)14-16/h2-15H,1H3,(H,24,26)(H,25,27). The third-order valence-electron chi connectivity index (χ3n) is 3.92. The third kappa shape index (κ3) is 5.62. The normalized spacial score (nSPS) is 11.5. The maximum Gasteiger partial charge on any atom is 0.255 e. The Morgan fingerprint density at radius 1 is 0.857 bits per heavy atom. The van der Waals surface area contributed by atoms with Gasteiger partial charge in [0.15, 0.2) is 0 Å². The molecule has 0 aliphatic heterocycles. The lowest BCUT2D eigenvalue weighted by molar-refractivity contribution is -0.115. The predicted octanol–water partition coefficient (Wildman–Crippen LogP) is 5.71. The minimum atomic E-state index is -0.257. The van der Waals surface area contributed by atoms with Crippen LogP contribution in [0.3, 0.4) is 0 Å². The zero-order valence-corrected chi connectivity index (χ0v) is 16.8. The molecule has 28 heavy (non-hydrogen) atoms. The van der Waals surface area contributed by atoms with Crippen molar-refractivity contribution in [3.05, 3.63) is 89.4 Å². The van der Waals surface area contributed by atoms with Gasteiger partial charge in [0.25, 0.3) is 5.91 Å². The first-order chi connectivity index (χ1) is 13.5. The summed E-state index contributed by atoms with van der Waals surface area (Å²) in [6.45, 7) is 1.86. The first-order valence-electron chi connectivity index (χ1n) is 8.71. The van der Waals surface area contributed by atoms with Gasteiger partial charge in [0.2, 0.25) is 5.91 Å². The van der Waals surface area contributed by atoms with E-state index in [1.807, 2.05) is 61.5 Å². The smallest absolute Gasteiger partial charge is 0.255 e. The Kier molecular flexibility index (Phi) is 6.74. The van der Waals surface area contributed by atoms with Crippen LogP contribution in [0.4, 0.5) is 11.4 Å². The fourth-order valence-corrected chi connectivity index (χ4v) is 3.53. The number of amides is 2. The Labute approximate surface area is 173 Å². The molecule has 0 aliphatic carbocycles. The topological polar surface area (TPSA) is 58.2 Å². The van der Waals surface area contributed by atoms with Crippen molar-refractivity contribution in [2.45, 2.75) is 17.1 Å². The van der Waals surface area contributed by atoms with Gasteiger partial charge in [0.05, 0.1) is 5.25 Å². The first-order valence-corrected chi connectivity index (χ1v) is 9.96. The molecular weight excluding hydrogens is 392 g/mol. The summed E-state index contributed by atoms with van der Waals surface area (Å²) in [7, 11) is 0. The SMILES string of the molecule is CC(Sc1ccc(NC(=O)c2cccc(Cl)c2)cc1)C(=O)Nc1ccccc1. The molecule has 0 radical (unpaired) electrons. The minimum absolute atomic E-state index is 0.0606. The van der Waals surface area contributed by atoms with Crippen LogP contribution in [0.25, 0.3) is 0 Å². The quantitative estimate of drug-likeness (QED) is 0.511. The van der Waals surface area contributed by atoms with E-state index in [2.05, 4.69) is 10.6 Å². The molecule has 1 unspecified atom stereocenters. The number of benzene rings is 3. The lowest BCUT2D eigenvalue weighted by atomic mass is 10.2. The summed E-state index contributed by atoms with van der Waals surface area (Å²) in [5, 5.41) is 5.99. The number of hydrogen-bond donors (Lipinski definition) is 2. The van der Waals surface area contributed by atoms with Crippen molar-refractivity contribution in [2.24, 2.45) is 0 Å². The fraction of sp³-hybridized carbons (Fsp3) is 0.0909. The maximum atomic E-state index is 12.3. The number of carbonyl (C=O) groups is 2. The largest absolute Gasteiger partial charge is 0.325 e. The Balaban J connectivity index is 1.56. The summed E-state index contributed by atoms with van der Waals surface area (Å²) in [5.41, 5.74) is 1.95. The van der Waals surface area contributed by atoms with E-state index in [9.17, 15) is 9.59 Å². The number of nitrogens with one attached hydrogen (secondary N) is 2. The summed E-state index contributed by atoms with van der Waals surface area (Å²) < 4.78 is 0. The molecular formula is C22H19ClN2O2S. The molecule has 0 heterocycles. The van der Waals surface area contributed by atoms with Gasteiger partial charge in [-0.25, -0.2) is 0 Å². The second-order valence-corrected chi connectivity index (χ2v) is 7.95. The molecule has 2 N–H and O–H groups in total. The van der Waals surface area contributed by atoms with Crippen molar-refractivity contribution >= 4 is 46.6 Å². The van der Waals surface area contributed by atoms with Crippen LogP contribution in [0.1, 0.15) is 17.3 Å². The fourth-order valence-electron chi connectivity index (χ4n) is 2.47. The van der Waals surface area contributed by atoms with Crippen molar-refractivity contribution in [1.29, 1.82) is 0 Å². The highest BCUT2D eigenvalue weighted by Crippen LogP contribution is 2.26. The van der Waals surface area contributed by atoms with E-state index in [1.54, 1.807) is 24.3 Å². The van der Waals surface area contributed by atoms with Crippen LogP contribution in [-0.2, 0) is 4.79 Å². The second kappa shape index (κ2) is 9.44. The predicted molar refractivity (Wildman–Crippen MR) is 116 cm³/mol. The van der Waals surface area contributed by atoms with Crippen molar-refractivity contribution in [2.75, 3.05) is 10.6 Å². The van der Waals surface area contributed by atoms with Crippen LogP contribution in [0, 0.1) is 0 Å². The van der Waals surface area contributed by atoms with Gasteiger partial charge in [-0.1, -0.05) is 35.9 Å². The summed E-state index contributed by atoms with van der Waals surface area (Å²) >= 11 is 7.38. The van der Waals surface area contributed by atoms with E-state index >= 15 is 0 Å². The Morgan fingerprint density at radius 2 is 1.54 bits per heavy atom. The van der Waals surface area contributed by atoms with Crippen molar-refractivity contribution in [1.82, 2.24) is 0 Å². The highest BCUT2D eigenvalue weighted by molar-refractivity contribution is 8.00. The molecule has 0 aliphatic rings. The zero-order chi connectivity index (χ0) is 19.9. The lowest BCUT2D eigenvalue weighted by Gasteiger charge is -2.12. The zero-order valence-electron chi connectivity index (χ0n) is 15.2. The van der Waals surface area contributed by atoms with E-state index in [4.69, 9.17) is 11.6 Å². The van der Waals surface area contributed by atoms with E-state index in [-0.39, 0.29) is 17.1 Å². The third-order valence-corrected chi connectivity index (χ3v) is 5.27. The van der Waals surface area contributed by atoms with Gasteiger partial charge in [-0.15, -0.1) is 11.8 Å². The van der Waals surface area contributed by atoms with Gasteiger partial charge >= 0.3 is 0 Å². The van der Waals surface area contributed by atoms with Gasteiger partial charge in [-0.3, -0.25) is 9.59 Å². The molecule has 3 rings (SSSR count). The van der Waals surface area contributed by atoms with Crippen molar-refractivity contribution in [3.8, 4) is 0 Å². The van der Waals surface area contributed by atoms with Crippen LogP contribution in [0.5, 0.6) is 0 Å². The van der Waals surface area contributed by atoms with Crippen LogP contribution >= 0.6 is 23.4 Å². The molecule has 2 amide bonds. The Morgan fingerprint density at radius 3 is 2.21 bits per heavy atom. The molecule has 0 spiro atoms. The van der Waals surface area contributed by atoms with Crippen molar-refractivity contribution < 1.29 is 9.59 Å². The van der Waals surface area contributed by atoms with E-state index in [0.717, 1.165) is 10.6 Å². The van der Waals surface area contributed by atoms with Gasteiger partial charge in [0, 0.05) is 26.9 Å². The van der Waals surface area contributed by atoms with Gasteiger partial charge in [0.1, 0.15) is 0 Å². The number of hydrogen-bond acceptors (Lipinski definition) is 3. The molecule has 3 aromatic carbocycles. The first kappa shape index (κ1) is 20.0. The van der Waals surface area contributed by atoms with Gasteiger partial charge in [-0.05, 0) is 61.5 Å². The van der Waals surface area contributed by atoms with Crippen LogP contribution in [0.2, 0.25) is 5.02 Å². The average molecular weight is 411 g/mol. The molecule has 0 saturated carbocycles. The van der Waals surface area contributed by atoms with Crippen LogP contribution in [0.15, 0.2) is 83.8 Å². The molecule has 1 atom stereocenters. The van der Waals surface area contributed by atoms with Gasteiger partial charge in [-0.2, -0.15) is 0 Å². The molecule has 0 aromatic heterocycles. The summed E-state index contributed by atoms with van der Waals surface area (Å²) in [5.74, 6) is -0.284. The maximum absolute atomic E-state index is 12.3. The van der Waals surface area contributed by atoms with Crippen molar-refractivity contribution in [3.63, 3.8) is 0 Å². The summed E-state index contributed by atoms with van der Waals surface area (Å²) in [6, 6.07) is 23.5. The Bertz CT molecular complexity index is 962. The lowest BCUT2D eigenvalue weighted by Crippen LogP contribution is -2.22. The molecule has 4 nitrogen and oxygen atoms in total. The van der Waals surface area contributed by atoms with Crippen LogP contribution < -0.4 is 10.6 Å². The number of halogens is 1. The highest BCUT2D eigenvalue weighted by atomic mass is 35.5. The minimum Gasteiger partial charge on any atom is -0.325 e. The molecule has 0 bridgehead atoms. The number of para-hydroxylation sites is 1. The molecule has 3 aromatic rings. The Hall–Kier alpha value is -2.76. The second-order valence-electron chi connectivity index (χ2n) is 6.10. The van der Waals surface area contributed by atoms with Crippen LogP contribution in [-0.4, -0.2) is 17.1 Å². The number of thioether (sulfide) groups is 1. The van der Waals surface area contributed by atoms with Gasteiger partial charge < -0.3 is 10.6 Å². The average Bonchev–Trinajstić information content (AvgIpc) is 2.70. The van der Waals surface area contributed by atoms with E-state index < -0.39 is 0 Å². The summed E-state index contributed by atoms with van der Waals surface area (Å²) in [4.78, 5) is 25.5. The number of carbonyl (C=O) groups excluding carboxylic acids is 2. The molecule has 0 fully saturated rings. The number of rotatable bonds is 6. The highest BCUT2D eigenvalue weighted by Gasteiger charge is 2.14. The van der Waals surface area contributed by atoms with E-state index in [0.29, 0.717) is 16.3 Å².